The van der Waals surface area contributed by atoms with E-state index in [2.05, 4.69) is 6.07 Å². The first-order valence-electron chi connectivity index (χ1n) is 5.22. The first kappa shape index (κ1) is 14.5. The molecule has 0 aromatic heterocycles. The van der Waals surface area contributed by atoms with Gasteiger partial charge < -0.3 is 14.2 Å². The van der Waals surface area contributed by atoms with Crippen LogP contribution in [0.4, 0.5) is 0 Å². The van der Waals surface area contributed by atoms with Gasteiger partial charge in [-0.2, -0.15) is 6.07 Å². The minimum absolute atomic E-state index is 0. The molecule has 1 atom stereocenters. The summed E-state index contributed by atoms with van der Waals surface area (Å²) in [6.45, 7) is 0.790. The van der Waals surface area contributed by atoms with Crippen molar-refractivity contribution in [1.29, 1.82) is 0 Å². The van der Waals surface area contributed by atoms with E-state index >= 15 is 0 Å². The fraction of sp³-hybridized carbons (Fsp3) is 0.500. The maximum absolute atomic E-state index is 5.66. The molecule has 0 bridgehead atoms. The number of benzene rings is 1. The van der Waals surface area contributed by atoms with Gasteiger partial charge in [-0.25, -0.2) is 0 Å². The van der Waals surface area contributed by atoms with Crippen molar-refractivity contribution < 1.29 is 65.6 Å². The molecule has 2 rings (SSSR count). The van der Waals surface area contributed by atoms with Crippen LogP contribution in [-0.4, -0.2) is 20.0 Å². The maximum atomic E-state index is 5.66. The summed E-state index contributed by atoms with van der Waals surface area (Å²) in [6.07, 6.45) is 3.14. The summed E-state index contributed by atoms with van der Waals surface area (Å²) in [7, 11) is 1.63. The van der Waals surface area contributed by atoms with Gasteiger partial charge in [-0.15, -0.1) is 12.1 Å². The van der Waals surface area contributed by atoms with E-state index in [-0.39, 0.29) is 57.7 Å². The Bertz CT molecular complexity index is 311. The van der Waals surface area contributed by atoms with E-state index in [0.29, 0.717) is 0 Å². The Morgan fingerprint density at radius 3 is 2.81 bits per heavy atom. The molecule has 16 heavy (non-hydrogen) atoms. The second-order valence-electron chi connectivity index (χ2n) is 3.52. The first-order chi connectivity index (χ1) is 7.38. The summed E-state index contributed by atoms with van der Waals surface area (Å²) in [6, 6.07) is 8.37. The van der Waals surface area contributed by atoms with Gasteiger partial charge in [-0.05, 0) is 12.8 Å². The molecule has 82 valence electrons. The molecule has 1 fully saturated rings. The smallest absolute Gasteiger partial charge is 0.554 e. The SMILES string of the molecule is COc1c[c-]cc(OC2CCCCO2)c1.[K+]. The van der Waals surface area contributed by atoms with Crippen molar-refractivity contribution in [2.45, 2.75) is 25.6 Å². The minimum Gasteiger partial charge on any atom is -0.554 e. The van der Waals surface area contributed by atoms with Crippen LogP contribution in [0.1, 0.15) is 19.3 Å². The number of rotatable bonds is 3. The van der Waals surface area contributed by atoms with Gasteiger partial charge in [0.25, 0.3) is 0 Å². The molecule has 0 radical (unpaired) electrons. The molecule has 1 aromatic rings. The van der Waals surface area contributed by atoms with Gasteiger partial charge in [0.2, 0.25) is 0 Å². The van der Waals surface area contributed by atoms with E-state index in [1.807, 2.05) is 6.07 Å². The molecule has 4 heteroatoms. The molecule has 3 nitrogen and oxygen atoms in total. The minimum atomic E-state index is -0.112. The molecule has 0 amide bonds. The van der Waals surface area contributed by atoms with Crippen LogP contribution in [0, 0.1) is 6.07 Å². The van der Waals surface area contributed by atoms with Crippen molar-refractivity contribution in [2.75, 3.05) is 13.7 Å². The number of hydrogen-bond acceptors (Lipinski definition) is 3. The fourth-order valence-electron chi connectivity index (χ4n) is 1.57. The molecular formula is C12H15KO3. The van der Waals surface area contributed by atoms with Gasteiger partial charge in [-0.1, -0.05) is 6.07 Å². The zero-order valence-electron chi connectivity index (χ0n) is 9.86. The number of ether oxygens (including phenoxy) is 3. The van der Waals surface area contributed by atoms with E-state index in [1.165, 1.54) is 6.42 Å². The van der Waals surface area contributed by atoms with Crippen LogP contribution in [0.3, 0.4) is 0 Å². The van der Waals surface area contributed by atoms with Crippen molar-refractivity contribution in [3.05, 3.63) is 24.3 Å². The third-order valence-electron chi connectivity index (χ3n) is 2.38. The maximum Gasteiger partial charge on any atom is 1.00 e. The number of hydrogen-bond donors (Lipinski definition) is 0. The third-order valence-corrected chi connectivity index (χ3v) is 2.38. The largest absolute Gasteiger partial charge is 1.00 e. The van der Waals surface area contributed by atoms with Gasteiger partial charge in [0.1, 0.15) is 0 Å². The van der Waals surface area contributed by atoms with Crippen LogP contribution in [0.2, 0.25) is 0 Å². The van der Waals surface area contributed by atoms with Gasteiger partial charge in [0, 0.05) is 17.9 Å². The van der Waals surface area contributed by atoms with E-state index < -0.39 is 0 Å². The summed E-state index contributed by atoms with van der Waals surface area (Å²) in [5.41, 5.74) is 0. The van der Waals surface area contributed by atoms with Crippen molar-refractivity contribution >= 4 is 0 Å². The number of methoxy groups -OCH3 is 1. The predicted octanol–water partition coefficient (Wildman–Crippen LogP) is -0.595. The van der Waals surface area contributed by atoms with Crippen LogP contribution in [0.15, 0.2) is 18.2 Å². The summed E-state index contributed by atoms with van der Waals surface area (Å²) in [5.74, 6) is 1.50. The zero-order valence-corrected chi connectivity index (χ0v) is 13.0. The molecule has 0 saturated carbocycles. The Morgan fingerprint density at radius 1 is 1.31 bits per heavy atom. The molecule has 1 unspecified atom stereocenters. The second kappa shape index (κ2) is 7.69. The third kappa shape index (κ3) is 4.35. The Balaban J connectivity index is 0.00000128. The Morgan fingerprint density at radius 2 is 2.12 bits per heavy atom. The van der Waals surface area contributed by atoms with Gasteiger partial charge in [0.05, 0.1) is 13.7 Å². The van der Waals surface area contributed by atoms with Crippen LogP contribution in [0.25, 0.3) is 0 Å². The summed E-state index contributed by atoms with van der Waals surface area (Å²) in [4.78, 5) is 0. The van der Waals surface area contributed by atoms with Crippen molar-refractivity contribution in [2.24, 2.45) is 0 Å². The molecule has 1 aromatic carbocycles. The van der Waals surface area contributed by atoms with Crippen molar-refractivity contribution in [3.8, 4) is 11.5 Å². The predicted molar refractivity (Wildman–Crippen MR) is 56.0 cm³/mol. The molecule has 0 N–H and O–H groups in total. The molecule has 0 spiro atoms. The van der Waals surface area contributed by atoms with Crippen LogP contribution in [0.5, 0.6) is 11.5 Å². The molecule has 1 heterocycles. The Labute approximate surface area is 139 Å². The topological polar surface area (TPSA) is 27.7 Å². The zero-order chi connectivity index (χ0) is 10.5. The summed E-state index contributed by atoms with van der Waals surface area (Å²) < 4.78 is 16.2. The van der Waals surface area contributed by atoms with Gasteiger partial charge in [-0.3, -0.25) is 0 Å². The van der Waals surface area contributed by atoms with Gasteiger partial charge >= 0.3 is 51.4 Å². The summed E-state index contributed by atoms with van der Waals surface area (Å²) in [5, 5.41) is 0. The van der Waals surface area contributed by atoms with Gasteiger partial charge in [0.15, 0.2) is 6.29 Å². The van der Waals surface area contributed by atoms with Crippen LogP contribution >= 0.6 is 0 Å². The monoisotopic (exact) mass is 246 g/mol. The van der Waals surface area contributed by atoms with Crippen molar-refractivity contribution in [3.63, 3.8) is 0 Å². The molecule has 1 saturated heterocycles. The molecule has 0 aliphatic carbocycles. The summed E-state index contributed by atoms with van der Waals surface area (Å²) >= 11 is 0. The average Bonchev–Trinajstić information content (AvgIpc) is 2.31. The van der Waals surface area contributed by atoms with Crippen LogP contribution < -0.4 is 60.9 Å². The standard InChI is InChI=1S/C12H15O3.K/c1-13-10-5-4-6-11(9-10)15-12-7-2-3-8-14-12;/h5-6,9,12H,2-3,7-8H2,1H3;/q-1;+1. The quantitative estimate of drug-likeness (QED) is 0.527. The van der Waals surface area contributed by atoms with E-state index in [0.717, 1.165) is 30.9 Å². The first-order valence-corrected chi connectivity index (χ1v) is 5.22. The van der Waals surface area contributed by atoms with E-state index in [9.17, 15) is 0 Å². The Kier molecular flexibility index (Phi) is 6.96. The fourth-order valence-corrected chi connectivity index (χ4v) is 1.57. The second-order valence-corrected chi connectivity index (χ2v) is 3.52. The average molecular weight is 246 g/mol. The molecule has 1 aliphatic rings. The van der Waals surface area contributed by atoms with Crippen LogP contribution in [-0.2, 0) is 4.74 Å². The van der Waals surface area contributed by atoms with E-state index in [1.54, 1.807) is 19.2 Å². The normalized spacial score (nSPS) is 19.7. The Hall–Kier alpha value is 0.416. The van der Waals surface area contributed by atoms with E-state index in [4.69, 9.17) is 14.2 Å². The van der Waals surface area contributed by atoms with Crippen molar-refractivity contribution in [1.82, 2.24) is 0 Å². The molecular weight excluding hydrogens is 231 g/mol. The molecule has 1 aliphatic heterocycles.